The predicted octanol–water partition coefficient (Wildman–Crippen LogP) is 1.85. The van der Waals surface area contributed by atoms with E-state index in [1.54, 1.807) is 6.26 Å². The molecule has 0 aliphatic heterocycles. The minimum atomic E-state index is -0.721. The molecule has 0 bridgehead atoms. The number of nitrogens with two attached hydrogens (primary N) is 1. The molecule has 0 radical (unpaired) electrons. The summed E-state index contributed by atoms with van der Waals surface area (Å²) in [7, 11) is 2.72. The van der Waals surface area contributed by atoms with E-state index in [0.717, 1.165) is 32.0 Å². The summed E-state index contributed by atoms with van der Waals surface area (Å²) >= 11 is 1.14. The number of aryl methyl sites for hydroxylation is 1. The van der Waals surface area contributed by atoms with Gasteiger partial charge in [0, 0.05) is 14.1 Å². The van der Waals surface area contributed by atoms with E-state index in [-0.39, 0.29) is 17.1 Å². The first-order valence-electron chi connectivity index (χ1n) is 10.0. The number of benzene rings is 1. The zero-order chi connectivity index (χ0) is 23.7. The summed E-state index contributed by atoms with van der Waals surface area (Å²) < 4.78 is 9.27. The normalized spacial score (nSPS) is 11.1. The van der Waals surface area contributed by atoms with Crippen LogP contribution in [0.3, 0.4) is 0 Å². The second-order valence-corrected chi connectivity index (χ2v) is 8.39. The van der Waals surface area contributed by atoms with Crippen molar-refractivity contribution < 1.29 is 9.21 Å². The maximum atomic E-state index is 12.9. The molecule has 170 valence electrons. The molecule has 10 nitrogen and oxygen atoms in total. The van der Waals surface area contributed by atoms with Crippen LogP contribution in [-0.4, -0.2) is 35.4 Å². The summed E-state index contributed by atoms with van der Waals surface area (Å²) in [6.07, 6.45) is 1.58. The quantitative estimate of drug-likeness (QED) is 0.322. The Morgan fingerprint density at radius 2 is 1.82 bits per heavy atom. The molecule has 4 rings (SSSR count). The van der Waals surface area contributed by atoms with Gasteiger partial charge in [-0.2, -0.15) is 0 Å². The highest BCUT2D eigenvalue weighted by Gasteiger charge is 2.23. The molecule has 0 aliphatic rings. The van der Waals surface area contributed by atoms with E-state index >= 15 is 0 Å². The molecule has 0 fully saturated rings. The van der Waals surface area contributed by atoms with Crippen molar-refractivity contribution in [2.24, 2.45) is 14.1 Å². The van der Waals surface area contributed by atoms with Crippen molar-refractivity contribution in [3.63, 3.8) is 0 Å². The van der Waals surface area contributed by atoms with E-state index in [0.29, 0.717) is 23.3 Å². The fraction of sp³-hybridized carbons (Fsp3) is 0.227. The monoisotopic (exact) mass is 466 g/mol. The Balaban J connectivity index is 1.67. The van der Waals surface area contributed by atoms with Gasteiger partial charge in [-0.3, -0.25) is 23.3 Å². The van der Waals surface area contributed by atoms with Gasteiger partial charge in [0.25, 0.3) is 5.56 Å². The Morgan fingerprint density at radius 1 is 1.09 bits per heavy atom. The second-order valence-electron chi connectivity index (χ2n) is 7.45. The molecule has 3 aromatic heterocycles. The Morgan fingerprint density at radius 3 is 2.48 bits per heavy atom. The highest BCUT2D eigenvalue weighted by atomic mass is 32.2. The van der Waals surface area contributed by atoms with Crippen molar-refractivity contribution in [3.8, 4) is 11.4 Å². The average molecular weight is 467 g/mol. The van der Waals surface area contributed by atoms with E-state index in [9.17, 15) is 14.4 Å². The average Bonchev–Trinajstić information content (AvgIpc) is 3.41. The molecule has 1 aromatic carbocycles. The minimum absolute atomic E-state index is 0.102. The number of nitrogens with zero attached hydrogens (tertiary/aromatic N) is 5. The largest absolute Gasteiger partial charge is 0.469 e. The maximum absolute atomic E-state index is 12.9. The predicted molar refractivity (Wildman–Crippen MR) is 124 cm³/mol. The number of aromatic nitrogens is 5. The van der Waals surface area contributed by atoms with Gasteiger partial charge in [-0.05, 0) is 18.6 Å². The highest BCUT2D eigenvalue weighted by Crippen LogP contribution is 2.28. The van der Waals surface area contributed by atoms with Crippen LogP contribution < -0.4 is 17.0 Å². The SMILES string of the molecule is Cc1occc1-c1nnc(SCC(=O)c2c(N)n(C)c(=O)n(C)c2=O)n1Cc1ccccc1. The first kappa shape index (κ1) is 22.3. The fourth-order valence-electron chi connectivity index (χ4n) is 3.44. The molecular weight excluding hydrogens is 444 g/mol. The molecule has 0 saturated carbocycles. The molecule has 2 N–H and O–H groups in total. The van der Waals surface area contributed by atoms with Crippen molar-refractivity contribution in [2.45, 2.75) is 18.6 Å². The second kappa shape index (κ2) is 8.94. The van der Waals surface area contributed by atoms with Gasteiger partial charge in [0.1, 0.15) is 17.1 Å². The summed E-state index contributed by atoms with van der Waals surface area (Å²) in [6.45, 7) is 2.32. The van der Waals surface area contributed by atoms with Gasteiger partial charge < -0.3 is 10.2 Å². The molecule has 0 spiro atoms. The zero-order valence-electron chi connectivity index (χ0n) is 18.3. The first-order chi connectivity index (χ1) is 15.8. The number of ketones is 1. The van der Waals surface area contributed by atoms with Gasteiger partial charge in [0.05, 0.1) is 24.1 Å². The van der Waals surface area contributed by atoms with E-state index in [1.165, 1.54) is 14.1 Å². The molecule has 0 atom stereocenters. The third-order valence-electron chi connectivity index (χ3n) is 5.32. The minimum Gasteiger partial charge on any atom is -0.469 e. The highest BCUT2D eigenvalue weighted by molar-refractivity contribution is 7.99. The summed E-state index contributed by atoms with van der Waals surface area (Å²) in [4.78, 5) is 37.5. The Bertz CT molecular complexity index is 1450. The van der Waals surface area contributed by atoms with Gasteiger partial charge in [0.15, 0.2) is 16.8 Å². The molecular formula is C22H22N6O4S. The molecule has 0 unspecified atom stereocenters. The lowest BCUT2D eigenvalue weighted by atomic mass is 10.2. The van der Waals surface area contributed by atoms with E-state index in [4.69, 9.17) is 10.2 Å². The van der Waals surface area contributed by atoms with Gasteiger partial charge >= 0.3 is 5.69 Å². The number of hydrogen-bond donors (Lipinski definition) is 1. The molecule has 4 aromatic rings. The number of nitrogen functional groups attached to an aromatic ring is 1. The molecule has 0 amide bonds. The molecule has 11 heteroatoms. The van der Waals surface area contributed by atoms with Crippen LogP contribution in [0.25, 0.3) is 11.4 Å². The van der Waals surface area contributed by atoms with E-state index in [2.05, 4.69) is 10.2 Å². The van der Waals surface area contributed by atoms with Crippen molar-refractivity contribution in [1.82, 2.24) is 23.9 Å². The van der Waals surface area contributed by atoms with Gasteiger partial charge in [0.2, 0.25) is 0 Å². The third-order valence-corrected chi connectivity index (χ3v) is 6.29. The lowest BCUT2D eigenvalue weighted by molar-refractivity contribution is 0.102. The topological polar surface area (TPSA) is 131 Å². The Kier molecular flexibility index (Phi) is 6.05. The number of thioether (sulfide) groups is 1. The van der Waals surface area contributed by atoms with Crippen molar-refractivity contribution in [1.29, 1.82) is 0 Å². The zero-order valence-corrected chi connectivity index (χ0v) is 19.1. The van der Waals surface area contributed by atoms with Gasteiger partial charge in [-0.1, -0.05) is 42.1 Å². The smallest absolute Gasteiger partial charge is 0.332 e. The summed E-state index contributed by atoms with van der Waals surface area (Å²) in [5, 5.41) is 9.11. The first-order valence-corrected chi connectivity index (χ1v) is 11.0. The van der Waals surface area contributed by atoms with Crippen LogP contribution in [0.4, 0.5) is 5.82 Å². The molecule has 0 saturated heterocycles. The van der Waals surface area contributed by atoms with Crippen molar-refractivity contribution in [2.75, 3.05) is 11.5 Å². The van der Waals surface area contributed by atoms with Crippen LogP contribution in [0.15, 0.2) is 61.8 Å². The number of Topliss-reactive ketones (excluding diaryl/α,β-unsaturated/α-hetero) is 1. The lowest BCUT2D eigenvalue weighted by Gasteiger charge is -2.12. The van der Waals surface area contributed by atoms with Crippen LogP contribution >= 0.6 is 11.8 Å². The van der Waals surface area contributed by atoms with Crippen LogP contribution in [0, 0.1) is 6.92 Å². The summed E-state index contributed by atoms with van der Waals surface area (Å²) in [6, 6.07) is 11.6. The van der Waals surface area contributed by atoms with E-state index < -0.39 is 17.0 Å². The number of furan rings is 1. The van der Waals surface area contributed by atoms with Crippen molar-refractivity contribution >= 4 is 23.4 Å². The van der Waals surface area contributed by atoms with E-state index in [1.807, 2.05) is 47.9 Å². The number of hydrogen-bond acceptors (Lipinski definition) is 8. The standard InChI is InChI=1S/C22H22N6O4S/c1-13-15(9-10-32-13)19-24-25-21(28(19)11-14-7-5-4-6-8-14)33-12-16(29)17-18(23)26(2)22(31)27(3)20(17)30/h4-10H,11-12,23H2,1-3H3. The molecule has 0 aliphatic carbocycles. The van der Waals surface area contributed by atoms with Crippen LogP contribution in [-0.2, 0) is 20.6 Å². The number of rotatable bonds is 7. The number of carbonyl (C=O) groups excluding carboxylic acids is 1. The Hall–Kier alpha value is -3.86. The molecule has 3 heterocycles. The van der Waals surface area contributed by atoms with Crippen LogP contribution in [0.1, 0.15) is 21.7 Å². The third kappa shape index (κ3) is 4.14. The van der Waals surface area contributed by atoms with Crippen molar-refractivity contribution in [3.05, 3.63) is 80.4 Å². The maximum Gasteiger partial charge on any atom is 0.332 e. The Labute approximate surface area is 192 Å². The van der Waals surface area contributed by atoms with Crippen LogP contribution in [0.2, 0.25) is 0 Å². The fourth-order valence-corrected chi connectivity index (χ4v) is 4.25. The lowest BCUT2D eigenvalue weighted by Crippen LogP contribution is -2.41. The number of carbonyl (C=O) groups is 1. The molecule has 33 heavy (non-hydrogen) atoms. The van der Waals surface area contributed by atoms with Gasteiger partial charge in [-0.15, -0.1) is 10.2 Å². The van der Waals surface area contributed by atoms with Crippen LogP contribution in [0.5, 0.6) is 0 Å². The van der Waals surface area contributed by atoms with Gasteiger partial charge in [-0.25, -0.2) is 4.79 Å². The summed E-state index contributed by atoms with van der Waals surface area (Å²) in [5.41, 5.74) is 6.22. The number of anilines is 1. The summed E-state index contributed by atoms with van der Waals surface area (Å²) in [5.74, 6) is 0.552.